The van der Waals surface area contributed by atoms with E-state index in [1.807, 2.05) is 0 Å². The van der Waals surface area contributed by atoms with Crippen molar-refractivity contribution in [3.05, 3.63) is 59.7 Å². The van der Waals surface area contributed by atoms with Crippen molar-refractivity contribution in [1.29, 1.82) is 0 Å². The van der Waals surface area contributed by atoms with Gasteiger partial charge in [-0.05, 0) is 62.3 Å². The maximum atomic E-state index is 12.9. The number of carbonyl (C=O) groups is 1. The Labute approximate surface area is 156 Å². The number of amides is 1. The molecule has 0 bridgehead atoms. The van der Waals surface area contributed by atoms with Crippen LogP contribution in [0.1, 0.15) is 36.8 Å². The Hall–Kier alpha value is -2.13. The van der Waals surface area contributed by atoms with E-state index in [4.69, 9.17) is 0 Å². The van der Waals surface area contributed by atoms with Gasteiger partial charge in [0.15, 0.2) is 0 Å². The van der Waals surface area contributed by atoms with Crippen LogP contribution >= 0.6 is 0 Å². The number of nitrogens with one attached hydrogen (secondary N) is 2. The minimum absolute atomic E-state index is 0.245. The summed E-state index contributed by atoms with van der Waals surface area (Å²) < 4.78 is 0. The summed E-state index contributed by atoms with van der Waals surface area (Å²) >= 11 is 0. The number of piperidine rings is 1. The molecule has 1 aliphatic carbocycles. The fourth-order valence-corrected chi connectivity index (χ4v) is 3.91. The monoisotopic (exact) mass is 348 g/mol. The lowest BCUT2D eigenvalue weighted by Crippen LogP contribution is -2.52. The highest BCUT2D eigenvalue weighted by Gasteiger charge is 2.41. The molecule has 1 saturated carbocycles. The van der Waals surface area contributed by atoms with Gasteiger partial charge in [0.25, 0.3) is 0 Å². The van der Waals surface area contributed by atoms with Crippen LogP contribution in [0.25, 0.3) is 11.1 Å². The molecule has 136 valence electrons. The largest absolute Gasteiger partial charge is 0.353 e. The Morgan fingerprint density at radius 2 is 1.73 bits per heavy atom. The Kier molecular flexibility index (Phi) is 4.82. The van der Waals surface area contributed by atoms with Crippen LogP contribution in [-0.2, 0) is 11.2 Å². The predicted molar refractivity (Wildman–Crippen MR) is 106 cm³/mol. The summed E-state index contributed by atoms with van der Waals surface area (Å²) in [6.45, 7) is 3.91. The van der Waals surface area contributed by atoms with Crippen molar-refractivity contribution in [2.75, 3.05) is 13.1 Å². The lowest BCUT2D eigenvalue weighted by Gasteiger charge is -2.36. The van der Waals surface area contributed by atoms with Crippen LogP contribution in [0.5, 0.6) is 0 Å². The quantitative estimate of drug-likeness (QED) is 0.862. The predicted octanol–water partition coefficient (Wildman–Crippen LogP) is 3.85. The molecule has 3 heteroatoms. The Morgan fingerprint density at radius 1 is 1.08 bits per heavy atom. The van der Waals surface area contributed by atoms with E-state index in [-0.39, 0.29) is 11.3 Å². The first-order chi connectivity index (χ1) is 12.6. The van der Waals surface area contributed by atoms with E-state index in [9.17, 15) is 4.79 Å². The molecule has 1 amide bonds. The smallest absolute Gasteiger partial charge is 0.228 e. The van der Waals surface area contributed by atoms with Crippen molar-refractivity contribution in [1.82, 2.24) is 10.6 Å². The van der Waals surface area contributed by atoms with Gasteiger partial charge >= 0.3 is 0 Å². The lowest BCUT2D eigenvalue weighted by molar-refractivity contribution is -0.132. The van der Waals surface area contributed by atoms with Crippen LogP contribution in [0.3, 0.4) is 0 Å². The van der Waals surface area contributed by atoms with Gasteiger partial charge in [0.05, 0.1) is 5.41 Å². The van der Waals surface area contributed by atoms with Crippen LogP contribution in [0.2, 0.25) is 0 Å². The van der Waals surface area contributed by atoms with Gasteiger partial charge < -0.3 is 10.6 Å². The maximum Gasteiger partial charge on any atom is 0.228 e. The Bertz CT molecular complexity index is 754. The van der Waals surface area contributed by atoms with Crippen molar-refractivity contribution >= 4 is 5.91 Å². The van der Waals surface area contributed by atoms with E-state index >= 15 is 0 Å². The third-order valence-electron chi connectivity index (χ3n) is 5.75. The average Bonchev–Trinajstić information content (AvgIpc) is 3.48. The zero-order valence-electron chi connectivity index (χ0n) is 15.6. The van der Waals surface area contributed by atoms with Gasteiger partial charge in [-0.15, -0.1) is 0 Å². The molecule has 0 radical (unpaired) electrons. The molecule has 0 aromatic heterocycles. The molecule has 2 aromatic carbocycles. The second-order valence-corrected chi connectivity index (χ2v) is 8.05. The zero-order valence-corrected chi connectivity index (χ0v) is 15.6. The Morgan fingerprint density at radius 3 is 2.31 bits per heavy atom. The molecule has 2 N–H and O–H groups in total. The molecule has 0 spiro atoms. The van der Waals surface area contributed by atoms with Gasteiger partial charge in [0, 0.05) is 12.6 Å². The summed E-state index contributed by atoms with van der Waals surface area (Å²) in [6.07, 6.45) is 5.13. The van der Waals surface area contributed by atoms with Gasteiger partial charge in [-0.1, -0.05) is 54.1 Å². The first kappa shape index (κ1) is 17.3. The highest BCUT2D eigenvalue weighted by Crippen LogP contribution is 2.33. The van der Waals surface area contributed by atoms with Gasteiger partial charge in [0.1, 0.15) is 0 Å². The van der Waals surface area contributed by atoms with Crippen LogP contribution in [0.4, 0.5) is 0 Å². The summed E-state index contributed by atoms with van der Waals surface area (Å²) in [4.78, 5) is 12.9. The second-order valence-electron chi connectivity index (χ2n) is 8.05. The molecule has 2 aliphatic rings. The molecule has 26 heavy (non-hydrogen) atoms. The summed E-state index contributed by atoms with van der Waals surface area (Å²) in [5.74, 6) is 0.245. The molecular weight excluding hydrogens is 320 g/mol. The zero-order chi connectivity index (χ0) is 18.0. The van der Waals surface area contributed by atoms with Crippen molar-refractivity contribution in [2.45, 2.75) is 45.1 Å². The first-order valence-electron chi connectivity index (χ1n) is 9.82. The van der Waals surface area contributed by atoms with E-state index in [1.54, 1.807) is 0 Å². The van der Waals surface area contributed by atoms with Crippen LogP contribution in [0.15, 0.2) is 48.5 Å². The number of hydrogen-bond donors (Lipinski definition) is 2. The molecule has 1 atom stereocenters. The Balaban J connectivity index is 1.51. The normalized spacial score (nSPS) is 22.8. The highest BCUT2D eigenvalue weighted by molar-refractivity contribution is 5.84. The van der Waals surface area contributed by atoms with E-state index < -0.39 is 0 Å². The van der Waals surface area contributed by atoms with Crippen molar-refractivity contribution in [2.24, 2.45) is 5.41 Å². The molecule has 1 aliphatic heterocycles. The molecule has 1 saturated heterocycles. The molecule has 4 rings (SSSR count). The van der Waals surface area contributed by atoms with Crippen LogP contribution in [-0.4, -0.2) is 25.0 Å². The number of benzene rings is 2. The number of hydrogen-bond acceptors (Lipinski definition) is 2. The summed E-state index contributed by atoms with van der Waals surface area (Å²) in [6, 6.07) is 17.8. The van der Waals surface area contributed by atoms with Gasteiger partial charge in [-0.25, -0.2) is 0 Å². The SMILES string of the molecule is Cc1ccc(-c2ccc(CC3(C(=O)NC4CC4)CCCNC3)cc2)cc1. The van der Waals surface area contributed by atoms with Crippen molar-refractivity contribution in [3.63, 3.8) is 0 Å². The molecule has 3 nitrogen and oxygen atoms in total. The van der Waals surface area contributed by atoms with E-state index in [0.717, 1.165) is 45.2 Å². The molecule has 1 heterocycles. The third kappa shape index (κ3) is 3.83. The average molecular weight is 348 g/mol. The van der Waals surface area contributed by atoms with Crippen LogP contribution in [0, 0.1) is 12.3 Å². The van der Waals surface area contributed by atoms with Gasteiger partial charge in [-0.3, -0.25) is 4.79 Å². The molecule has 2 fully saturated rings. The second kappa shape index (κ2) is 7.24. The van der Waals surface area contributed by atoms with E-state index in [0.29, 0.717) is 6.04 Å². The summed E-state index contributed by atoms with van der Waals surface area (Å²) in [5.41, 5.74) is 4.69. The summed E-state index contributed by atoms with van der Waals surface area (Å²) in [7, 11) is 0. The van der Waals surface area contributed by atoms with Crippen molar-refractivity contribution in [3.8, 4) is 11.1 Å². The lowest BCUT2D eigenvalue weighted by atomic mass is 9.74. The fraction of sp³-hybridized carbons (Fsp3) is 0.435. The van der Waals surface area contributed by atoms with Crippen molar-refractivity contribution < 1.29 is 4.79 Å². The topological polar surface area (TPSA) is 41.1 Å². The number of carbonyl (C=O) groups excluding carboxylic acids is 1. The third-order valence-corrected chi connectivity index (χ3v) is 5.75. The first-order valence-corrected chi connectivity index (χ1v) is 9.82. The van der Waals surface area contributed by atoms with E-state index in [2.05, 4.69) is 66.1 Å². The molecule has 1 unspecified atom stereocenters. The number of aryl methyl sites for hydroxylation is 1. The molecular formula is C23H28N2O. The minimum atomic E-state index is -0.299. The van der Waals surface area contributed by atoms with E-state index in [1.165, 1.54) is 22.3 Å². The summed E-state index contributed by atoms with van der Waals surface area (Å²) in [5, 5.41) is 6.70. The van der Waals surface area contributed by atoms with Crippen LogP contribution < -0.4 is 10.6 Å². The minimum Gasteiger partial charge on any atom is -0.353 e. The fourth-order valence-electron chi connectivity index (χ4n) is 3.91. The van der Waals surface area contributed by atoms with Gasteiger partial charge in [-0.2, -0.15) is 0 Å². The standard InChI is InChI=1S/C23H28N2O/c1-17-3-7-19(8-4-17)20-9-5-18(6-10-20)15-23(13-2-14-24-16-23)22(26)25-21-11-12-21/h3-10,21,24H,2,11-16H2,1H3,(H,25,26). The van der Waals surface area contributed by atoms with Gasteiger partial charge in [0.2, 0.25) is 5.91 Å². The molecule has 2 aromatic rings. The maximum absolute atomic E-state index is 12.9. The number of rotatable bonds is 5. The highest BCUT2D eigenvalue weighted by atomic mass is 16.2.